The topological polar surface area (TPSA) is 80.1 Å². The summed E-state index contributed by atoms with van der Waals surface area (Å²) in [5.74, 6) is 0.00536. The normalized spacial score (nSPS) is 15.2. The number of nitrogens with zero attached hydrogens (tertiary/aromatic N) is 4. The molecule has 0 saturated carbocycles. The van der Waals surface area contributed by atoms with Crippen LogP contribution in [0.25, 0.3) is 5.69 Å². The zero-order chi connectivity index (χ0) is 20.2. The number of nitrogens with one attached hydrogen (secondary N) is 1. The average Bonchev–Trinajstić information content (AvgIpc) is 3.29. The van der Waals surface area contributed by atoms with E-state index in [9.17, 15) is 9.59 Å². The molecule has 3 aromatic rings. The number of anilines is 1. The third-order valence-electron chi connectivity index (χ3n) is 5.19. The minimum Gasteiger partial charge on any atom is -0.346 e. The first kappa shape index (κ1) is 18.9. The summed E-state index contributed by atoms with van der Waals surface area (Å²) in [5, 5.41) is 7.13. The molecule has 7 heteroatoms. The minimum atomic E-state index is -0.144. The number of hydrogen-bond acceptors (Lipinski definition) is 4. The molecule has 1 N–H and O–H groups in total. The highest BCUT2D eigenvalue weighted by molar-refractivity contribution is 5.97. The molecule has 1 unspecified atom stereocenters. The van der Waals surface area contributed by atoms with E-state index < -0.39 is 0 Å². The number of carbonyl (C=O) groups excluding carboxylic acids is 2. The third-order valence-corrected chi connectivity index (χ3v) is 5.19. The number of hydrogen-bond donors (Lipinski definition) is 1. The zero-order valence-corrected chi connectivity index (χ0v) is 16.3. The zero-order valence-electron chi connectivity index (χ0n) is 16.3. The van der Waals surface area contributed by atoms with Crippen molar-refractivity contribution in [3.63, 3.8) is 0 Å². The third kappa shape index (κ3) is 4.18. The van der Waals surface area contributed by atoms with Crippen LogP contribution in [0, 0.1) is 0 Å². The molecule has 0 aliphatic carbocycles. The maximum atomic E-state index is 12.6. The molecule has 7 nitrogen and oxygen atoms in total. The van der Waals surface area contributed by atoms with Gasteiger partial charge in [0.15, 0.2) is 0 Å². The first-order chi connectivity index (χ1) is 14.1. The summed E-state index contributed by atoms with van der Waals surface area (Å²) in [7, 11) is 0. The van der Waals surface area contributed by atoms with Crippen LogP contribution in [0.3, 0.4) is 0 Å². The van der Waals surface area contributed by atoms with Crippen molar-refractivity contribution in [2.75, 3.05) is 11.4 Å². The van der Waals surface area contributed by atoms with Gasteiger partial charge < -0.3 is 10.2 Å². The van der Waals surface area contributed by atoms with E-state index in [1.54, 1.807) is 28.0 Å². The Morgan fingerprint density at radius 3 is 2.41 bits per heavy atom. The van der Waals surface area contributed by atoms with Gasteiger partial charge >= 0.3 is 0 Å². The van der Waals surface area contributed by atoms with Gasteiger partial charge in [0, 0.05) is 24.2 Å². The van der Waals surface area contributed by atoms with Gasteiger partial charge in [0.05, 0.1) is 11.7 Å². The number of amides is 2. The first-order valence-electron chi connectivity index (χ1n) is 9.78. The molecule has 0 radical (unpaired) electrons. The Morgan fingerprint density at radius 1 is 1.03 bits per heavy atom. The molecule has 1 aliphatic heterocycles. The number of rotatable bonds is 5. The molecule has 1 atom stereocenters. The highest BCUT2D eigenvalue weighted by Crippen LogP contribution is 2.22. The Balaban J connectivity index is 1.40. The molecule has 2 heterocycles. The van der Waals surface area contributed by atoms with Crippen LogP contribution in [0.1, 0.15) is 48.1 Å². The summed E-state index contributed by atoms with van der Waals surface area (Å²) >= 11 is 0. The van der Waals surface area contributed by atoms with Gasteiger partial charge in [-0.15, -0.1) is 0 Å². The molecule has 148 valence electrons. The van der Waals surface area contributed by atoms with Crippen molar-refractivity contribution in [1.82, 2.24) is 20.1 Å². The Morgan fingerprint density at radius 2 is 1.76 bits per heavy atom. The molecule has 29 heavy (non-hydrogen) atoms. The van der Waals surface area contributed by atoms with Gasteiger partial charge in [-0.05, 0) is 61.7 Å². The minimum absolute atomic E-state index is 0.143. The first-order valence-corrected chi connectivity index (χ1v) is 9.78. The predicted molar refractivity (Wildman–Crippen MR) is 110 cm³/mol. The predicted octanol–water partition coefficient (Wildman–Crippen LogP) is 3.28. The van der Waals surface area contributed by atoms with E-state index in [0.717, 1.165) is 36.3 Å². The van der Waals surface area contributed by atoms with E-state index in [2.05, 4.69) is 15.4 Å². The fraction of sp³-hybridized carbons (Fsp3) is 0.273. The lowest BCUT2D eigenvalue weighted by Crippen LogP contribution is -2.35. The molecule has 4 rings (SSSR count). The number of aromatic nitrogens is 3. The van der Waals surface area contributed by atoms with Crippen LogP contribution in [0.4, 0.5) is 5.69 Å². The lowest BCUT2D eigenvalue weighted by atomic mass is 10.1. The largest absolute Gasteiger partial charge is 0.346 e. The molecule has 0 bridgehead atoms. The second-order valence-corrected chi connectivity index (χ2v) is 7.18. The molecule has 0 spiro atoms. The van der Waals surface area contributed by atoms with Gasteiger partial charge in [0.2, 0.25) is 5.91 Å². The van der Waals surface area contributed by atoms with Crippen LogP contribution in [0.5, 0.6) is 0 Å². The van der Waals surface area contributed by atoms with Gasteiger partial charge in [-0.3, -0.25) is 9.59 Å². The van der Waals surface area contributed by atoms with Gasteiger partial charge in [-0.1, -0.05) is 12.1 Å². The fourth-order valence-electron chi connectivity index (χ4n) is 3.49. The highest BCUT2D eigenvalue weighted by Gasteiger charge is 2.20. The van der Waals surface area contributed by atoms with Crippen molar-refractivity contribution >= 4 is 17.5 Å². The maximum Gasteiger partial charge on any atom is 0.251 e. The second-order valence-electron chi connectivity index (χ2n) is 7.18. The second kappa shape index (κ2) is 8.26. The Bertz CT molecular complexity index is 981. The SMILES string of the molecule is CC(NC(=O)c1ccc(N2CCCCC2=O)cc1)c1ccc(-n2cncn2)cc1. The summed E-state index contributed by atoms with van der Waals surface area (Å²) in [6.07, 6.45) is 5.69. The summed E-state index contributed by atoms with van der Waals surface area (Å²) in [4.78, 5) is 30.4. The standard InChI is InChI=1S/C22H23N5O2/c1-16(17-5-11-20(12-6-17)27-15-23-14-24-27)25-22(29)18-7-9-19(10-8-18)26-13-3-2-4-21(26)28/h5-12,14-16H,2-4,13H2,1H3,(H,25,29). The van der Waals surface area contributed by atoms with Crippen LogP contribution in [-0.2, 0) is 4.79 Å². The van der Waals surface area contributed by atoms with E-state index in [0.29, 0.717) is 12.0 Å². The van der Waals surface area contributed by atoms with Crippen LogP contribution >= 0.6 is 0 Å². The van der Waals surface area contributed by atoms with Gasteiger partial charge in [-0.25, -0.2) is 9.67 Å². The van der Waals surface area contributed by atoms with Crippen LogP contribution in [-0.4, -0.2) is 33.1 Å². The quantitative estimate of drug-likeness (QED) is 0.726. The molecule has 1 saturated heterocycles. The van der Waals surface area contributed by atoms with Crippen molar-refractivity contribution in [3.8, 4) is 5.69 Å². The van der Waals surface area contributed by atoms with Crippen molar-refractivity contribution in [2.24, 2.45) is 0 Å². The molecule has 1 aromatic heterocycles. The van der Waals surface area contributed by atoms with Crippen molar-refractivity contribution in [3.05, 3.63) is 72.3 Å². The number of carbonyl (C=O) groups is 2. The molecule has 2 amide bonds. The van der Waals surface area contributed by atoms with Crippen molar-refractivity contribution in [1.29, 1.82) is 0 Å². The van der Waals surface area contributed by atoms with Gasteiger partial charge in [0.25, 0.3) is 5.91 Å². The number of benzene rings is 2. The molecular weight excluding hydrogens is 366 g/mol. The molecular formula is C22H23N5O2. The summed E-state index contributed by atoms with van der Waals surface area (Å²) in [6, 6.07) is 14.9. The van der Waals surface area contributed by atoms with Gasteiger partial charge in [-0.2, -0.15) is 5.10 Å². The summed E-state index contributed by atoms with van der Waals surface area (Å²) < 4.78 is 1.68. The lowest BCUT2D eigenvalue weighted by molar-refractivity contribution is -0.119. The van der Waals surface area contributed by atoms with E-state index in [1.165, 1.54) is 6.33 Å². The molecule has 1 aliphatic rings. The fourth-order valence-corrected chi connectivity index (χ4v) is 3.49. The summed E-state index contributed by atoms with van der Waals surface area (Å²) in [5.41, 5.74) is 3.33. The average molecular weight is 389 g/mol. The van der Waals surface area contributed by atoms with E-state index in [-0.39, 0.29) is 17.9 Å². The van der Waals surface area contributed by atoms with Crippen LogP contribution < -0.4 is 10.2 Å². The summed E-state index contributed by atoms with van der Waals surface area (Å²) in [6.45, 7) is 2.69. The lowest BCUT2D eigenvalue weighted by Gasteiger charge is -2.26. The highest BCUT2D eigenvalue weighted by atomic mass is 16.2. The van der Waals surface area contributed by atoms with Crippen molar-refractivity contribution < 1.29 is 9.59 Å². The van der Waals surface area contributed by atoms with Crippen LogP contribution in [0.2, 0.25) is 0 Å². The smallest absolute Gasteiger partial charge is 0.251 e. The molecule has 1 fully saturated rings. The van der Waals surface area contributed by atoms with Crippen molar-refractivity contribution in [2.45, 2.75) is 32.2 Å². The Labute approximate surface area is 169 Å². The maximum absolute atomic E-state index is 12.6. The van der Waals surface area contributed by atoms with E-state index in [1.807, 2.05) is 43.3 Å². The molecule has 2 aromatic carbocycles. The monoisotopic (exact) mass is 389 g/mol. The van der Waals surface area contributed by atoms with Crippen LogP contribution in [0.15, 0.2) is 61.2 Å². The number of piperidine rings is 1. The van der Waals surface area contributed by atoms with Gasteiger partial charge in [0.1, 0.15) is 12.7 Å². The van der Waals surface area contributed by atoms with E-state index >= 15 is 0 Å². The van der Waals surface area contributed by atoms with E-state index in [4.69, 9.17) is 0 Å². The Hall–Kier alpha value is -3.48. The Kier molecular flexibility index (Phi) is 5.37.